The molecule has 0 saturated carbocycles. The maximum absolute atomic E-state index is 11.2. The molecule has 0 N–H and O–H groups in total. The van der Waals surface area contributed by atoms with Crippen molar-refractivity contribution in [3.8, 4) is 11.6 Å². The topological polar surface area (TPSA) is 57.7 Å². The fourth-order valence-electron chi connectivity index (χ4n) is 1.07. The Morgan fingerprint density at radius 2 is 2.20 bits per heavy atom. The van der Waals surface area contributed by atoms with Gasteiger partial charge in [0.1, 0.15) is 0 Å². The average Bonchev–Trinajstić information content (AvgIpc) is 2.28. The average molecular weight is 211 g/mol. The van der Waals surface area contributed by atoms with Gasteiger partial charge >= 0.3 is 5.97 Å². The normalized spacial score (nSPS) is 9.53. The molecule has 0 aliphatic carbocycles. The quantitative estimate of drug-likeness (QED) is 0.702. The third kappa shape index (κ3) is 2.59. The van der Waals surface area contributed by atoms with E-state index in [1.54, 1.807) is 6.07 Å². The smallest absolute Gasteiger partial charge is 0.339 e. The van der Waals surface area contributed by atoms with E-state index in [-0.39, 0.29) is 0 Å². The molecule has 0 bridgehead atoms. The number of methoxy groups -OCH3 is 2. The molecule has 1 aromatic rings. The van der Waals surface area contributed by atoms with E-state index < -0.39 is 5.97 Å². The molecule has 1 rings (SSSR count). The Balaban J connectivity index is 3.04. The highest BCUT2D eigenvalue weighted by molar-refractivity contribution is 5.89. The van der Waals surface area contributed by atoms with E-state index in [0.717, 1.165) is 0 Å². The van der Waals surface area contributed by atoms with Crippen LogP contribution in [0.2, 0.25) is 0 Å². The molecular weight excluding hydrogens is 198 g/mol. The molecular formula is C10H13NO4. The Labute approximate surface area is 88.0 Å². The van der Waals surface area contributed by atoms with Crippen molar-refractivity contribution in [2.45, 2.75) is 6.92 Å². The molecule has 0 amide bonds. The summed E-state index contributed by atoms with van der Waals surface area (Å²) in [6.07, 6.45) is 1.38. The maximum atomic E-state index is 11.2. The predicted octanol–water partition coefficient (Wildman–Crippen LogP) is 1.28. The van der Waals surface area contributed by atoms with Gasteiger partial charge < -0.3 is 14.2 Å². The van der Waals surface area contributed by atoms with Crippen molar-refractivity contribution in [1.29, 1.82) is 0 Å². The van der Waals surface area contributed by atoms with Gasteiger partial charge in [-0.05, 0) is 6.92 Å². The van der Waals surface area contributed by atoms with E-state index in [1.165, 1.54) is 20.4 Å². The third-order valence-corrected chi connectivity index (χ3v) is 1.73. The second kappa shape index (κ2) is 5.19. The van der Waals surface area contributed by atoms with Gasteiger partial charge in [-0.1, -0.05) is 0 Å². The maximum Gasteiger partial charge on any atom is 0.339 e. The predicted molar refractivity (Wildman–Crippen MR) is 53.3 cm³/mol. The Kier molecular flexibility index (Phi) is 3.91. The molecule has 1 aromatic heterocycles. The molecule has 0 fully saturated rings. The number of pyridine rings is 1. The van der Waals surface area contributed by atoms with Crippen molar-refractivity contribution in [3.05, 3.63) is 17.8 Å². The van der Waals surface area contributed by atoms with Gasteiger partial charge in [-0.15, -0.1) is 0 Å². The highest BCUT2D eigenvalue weighted by Gasteiger charge is 2.12. The molecule has 5 heteroatoms. The minimum Gasteiger partial charge on any atom is -0.488 e. The van der Waals surface area contributed by atoms with Gasteiger partial charge in [0.15, 0.2) is 5.75 Å². The summed E-state index contributed by atoms with van der Waals surface area (Å²) in [6.45, 7) is 2.31. The third-order valence-electron chi connectivity index (χ3n) is 1.73. The molecule has 15 heavy (non-hydrogen) atoms. The van der Waals surface area contributed by atoms with Crippen LogP contribution in [0.5, 0.6) is 11.6 Å². The molecule has 0 aliphatic heterocycles. The lowest BCUT2D eigenvalue weighted by Crippen LogP contribution is -2.04. The monoisotopic (exact) mass is 211 g/mol. The highest BCUT2D eigenvalue weighted by atomic mass is 16.5. The van der Waals surface area contributed by atoms with Crippen LogP contribution in [0.25, 0.3) is 0 Å². The standard InChI is InChI=1S/C10H13NO4/c1-4-15-8-5-7(10(12)14-3)6-11-9(8)13-2/h5-6H,4H2,1-3H3. The van der Waals surface area contributed by atoms with Crippen molar-refractivity contribution in [2.75, 3.05) is 20.8 Å². The van der Waals surface area contributed by atoms with Crippen molar-refractivity contribution in [2.24, 2.45) is 0 Å². The van der Waals surface area contributed by atoms with Gasteiger partial charge in [-0.3, -0.25) is 0 Å². The van der Waals surface area contributed by atoms with Crippen LogP contribution in [0.3, 0.4) is 0 Å². The SMILES string of the molecule is CCOc1cc(C(=O)OC)cnc1OC. The van der Waals surface area contributed by atoms with E-state index >= 15 is 0 Å². The fraction of sp³-hybridized carbons (Fsp3) is 0.400. The summed E-state index contributed by atoms with van der Waals surface area (Å²) in [4.78, 5) is 15.1. The first kappa shape index (κ1) is 11.3. The van der Waals surface area contributed by atoms with E-state index in [1.807, 2.05) is 6.92 Å². The van der Waals surface area contributed by atoms with Gasteiger partial charge in [0.2, 0.25) is 0 Å². The minimum atomic E-state index is -0.453. The number of hydrogen-bond acceptors (Lipinski definition) is 5. The molecule has 82 valence electrons. The summed E-state index contributed by atoms with van der Waals surface area (Å²) in [5.74, 6) is 0.332. The highest BCUT2D eigenvalue weighted by Crippen LogP contribution is 2.25. The zero-order chi connectivity index (χ0) is 11.3. The lowest BCUT2D eigenvalue weighted by Gasteiger charge is -2.08. The van der Waals surface area contributed by atoms with Gasteiger partial charge in [0.25, 0.3) is 5.88 Å². The lowest BCUT2D eigenvalue weighted by atomic mass is 10.3. The van der Waals surface area contributed by atoms with Crippen LogP contribution in [-0.2, 0) is 4.74 Å². The van der Waals surface area contributed by atoms with Crippen LogP contribution in [0.1, 0.15) is 17.3 Å². The van der Waals surface area contributed by atoms with Crippen LogP contribution in [0.4, 0.5) is 0 Å². The Bertz CT molecular complexity index is 351. The zero-order valence-electron chi connectivity index (χ0n) is 8.94. The minimum absolute atomic E-state index is 0.335. The number of rotatable bonds is 4. The summed E-state index contributed by atoms with van der Waals surface area (Å²) in [7, 11) is 2.80. The second-order valence-electron chi connectivity index (χ2n) is 2.66. The van der Waals surface area contributed by atoms with E-state index in [9.17, 15) is 4.79 Å². The van der Waals surface area contributed by atoms with Crippen LogP contribution >= 0.6 is 0 Å². The molecule has 0 atom stereocenters. The van der Waals surface area contributed by atoms with Gasteiger partial charge in [0, 0.05) is 12.3 Å². The lowest BCUT2D eigenvalue weighted by molar-refractivity contribution is 0.0599. The van der Waals surface area contributed by atoms with Crippen molar-refractivity contribution >= 4 is 5.97 Å². The molecule has 0 aromatic carbocycles. The van der Waals surface area contributed by atoms with E-state index in [0.29, 0.717) is 23.8 Å². The first-order valence-electron chi connectivity index (χ1n) is 4.48. The summed E-state index contributed by atoms with van der Waals surface area (Å²) >= 11 is 0. The van der Waals surface area contributed by atoms with E-state index in [2.05, 4.69) is 9.72 Å². The Hall–Kier alpha value is -1.78. The summed E-state index contributed by atoms with van der Waals surface area (Å²) in [6, 6.07) is 1.54. The molecule has 0 aliphatic rings. The Morgan fingerprint density at radius 3 is 2.73 bits per heavy atom. The number of nitrogens with zero attached hydrogens (tertiary/aromatic N) is 1. The molecule has 0 unspecified atom stereocenters. The molecule has 0 radical (unpaired) electrons. The van der Waals surface area contributed by atoms with Gasteiger partial charge in [0.05, 0.1) is 26.4 Å². The van der Waals surface area contributed by atoms with E-state index in [4.69, 9.17) is 9.47 Å². The number of carbonyl (C=O) groups is 1. The van der Waals surface area contributed by atoms with Gasteiger partial charge in [-0.25, -0.2) is 9.78 Å². The summed E-state index contributed by atoms with van der Waals surface area (Å²) in [5, 5.41) is 0. The molecule has 0 saturated heterocycles. The van der Waals surface area contributed by atoms with Crippen molar-refractivity contribution < 1.29 is 19.0 Å². The number of carbonyl (C=O) groups excluding carboxylic acids is 1. The molecule has 5 nitrogen and oxygen atoms in total. The largest absolute Gasteiger partial charge is 0.488 e. The number of hydrogen-bond donors (Lipinski definition) is 0. The molecule has 0 spiro atoms. The van der Waals surface area contributed by atoms with Crippen LogP contribution in [0.15, 0.2) is 12.3 Å². The van der Waals surface area contributed by atoms with Crippen molar-refractivity contribution in [3.63, 3.8) is 0 Å². The second-order valence-corrected chi connectivity index (χ2v) is 2.66. The van der Waals surface area contributed by atoms with Crippen LogP contribution in [-0.4, -0.2) is 31.8 Å². The van der Waals surface area contributed by atoms with Crippen LogP contribution in [0, 0.1) is 0 Å². The molecule has 1 heterocycles. The first-order valence-corrected chi connectivity index (χ1v) is 4.48. The Morgan fingerprint density at radius 1 is 1.47 bits per heavy atom. The summed E-state index contributed by atoms with van der Waals surface area (Å²) in [5.41, 5.74) is 0.335. The van der Waals surface area contributed by atoms with Crippen molar-refractivity contribution in [1.82, 2.24) is 4.98 Å². The fourth-order valence-corrected chi connectivity index (χ4v) is 1.07. The zero-order valence-corrected chi connectivity index (χ0v) is 8.94. The number of aromatic nitrogens is 1. The van der Waals surface area contributed by atoms with Crippen LogP contribution < -0.4 is 9.47 Å². The number of esters is 1. The van der Waals surface area contributed by atoms with Gasteiger partial charge in [-0.2, -0.15) is 0 Å². The first-order chi connectivity index (χ1) is 7.22. The number of ether oxygens (including phenoxy) is 3. The summed E-state index contributed by atoms with van der Waals surface area (Å²) < 4.78 is 14.8.